The molecular formula is C19H20N2O3. The first-order valence-electron chi connectivity index (χ1n) is 7.98. The summed E-state index contributed by atoms with van der Waals surface area (Å²) in [5, 5.41) is 4.15. The van der Waals surface area contributed by atoms with E-state index in [4.69, 9.17) is 9.47 Å². The van der Waals surface area contributed by atoms with Crippen molar-refractivity contribution < 1.29 is 14.3 Å². The Bertz CT molecular complexity index is 728. The van der Waals surface area contributed by atoms with Gasteiger partial charge in [-0.3, -0.25) is 4.79 Å². The maximum Gasteiger partial charge on any atom is 0.284 e. The number of nitrogens with one attached hydrogen (secondary N) is 1. The SMILES string of the molecule is C/C(CCc1ccccc1)=N/NC(=O)[C@H]1COc2ccccc2O1. The van der Waals surface area contributed by atoms with Crippen LogP contribution in [0.1, 0.15) is 18.9 Å². The number of nitrogens with zero attached hydrogens (tertiary/aromatic N) is 1. The molecule has 2 aromatic carbocycles. The largest absolute Gasteiger partial charge is 0.485 e. The Morgan fingerprint density at radius 3 is 2.62 bits per heavy atom. The molecule has 1 atom stereocenters. The molecule has 3 rings (SSSR count). The highest BCUT2D eigenvalue weighted by Gasteiger charge is 2.27. The van der Waals surface area contributed by atoms with Crippen LogP contribution in [-0.2, 0) is 11.2 Å². The van der Waals surface area contributed by atoms with Crippen LogP contribution in [0.4, 0.5) is 0 Å². The van der Waals surface area contributed by atoms with Gasteiger partial charge < -0.3 is 9.47 Å². The number of fused-ring (bicyclic) bond motifs is 1. The van der Waals surface area contributed by atoms with Crippen molar-refractivity contribution in [1.82, 2.24) is 5.43 Å². The summed E-state index contributed by atoms with van der Waals surface area (Å²) in [5.41, 5.74) is 4.68. The van der Waals surface area contributed by atoms with Crippen LogP contribution in [-0.4, -0.2) is 24.3 Å². The Morgan fingerprint density at radius 1 is 1.12 bits per heavy atom. The summed E-state index contributed by atoms with van der Waals surface area (Å²) in [5.74, 6) is 0.932. The molecule has 1 N–H and O–H groups in total. The van der Waals surface area contributed by atoms with E-state index in [1.54, 1.807) is 6.07 Å². The fourth-order valence-electron chi connectivity index (χ4n) is 2.40. The number of benzene rings is 2. The Hall–Kier alpha value is -2.82. The quantitative estimate of drug-likeness (QED) is 0.679. The predicted octanol–water partition coefficient (Wildman–Crippen LogP) is 2.95. The zero-order valence-corrected chi connectivity index (χ0v) is 13.6. The van der Waals surface area contributed by atoms with Gasteiger partial charge in [-0.05, 0) is 37.5 Å². The van der Waals surface area contributed by atoms with Crippen LogP contribution in [0.5, 0.6) is 11.5 Å². The number of carbonyl (C=O) groups is 1. The van der Waals surface area contributed by atoms with Gasteiger partial charge in [-0.15, -0.1) is 0 Å². The van der Waals surface area contributed by atoms with Crippen molar-refractivity contribution in [2.45, 2.75) is 25.9 Å². The molecule has 2 aromatic rings. The third-order valence-electron chi connectivity index (χ3n) is 3.78. The standard InChI is InChI=1S/C19H20N2O3/c1-14(11-12-15-7-3-2-4-8-15)20-21-19(22)18-13-23-16-9-5-6-10-17(16)24-18/h2-10,18H,11-13H2,1H3,(H,21,22)/b20-14-/t18-/m1/s1. The Morgan fingerprint density at radius 2 is 1.83 bits per heavy atom. The lowest BCUT2D eigenvalue weighted by Crippen LogP contribution is -2.42. The molecule has 0 fully saturated rings. The number of ether oxygens (including phenoxy) is 2. The minimum absolute atomic E-state index is 0.182. The van der Waals surface area contributed by atoms with Gasteiger partial charge in [-0.2, -0.15) is 5.10 Å². The molecule has 0 saturated carbocycles. The van der Waals surface area contributed by atoms with Crippen LogP contribution in [0.15, 0.2) is 59.7 Å². The van der Waals surface area contributed by atoms with E-state index in [1.165, 1.54) is 5.56 Å². The van der Waals surface area contributed by atoms with Gasteiger partial charge in [0.15, 0.2) is 11.5 Å². The van der Waals surface area contributed by atoms with Crippen LogP contribution in [0.25, 0.3) is 0 Å². The van der Waals surface area contributed by atoms with Crippen molar-refractivity contribution in [2.24, 2.45) is 5.10 Å². The molecule has 24 heavy (non-hydrogen) atoms. The number of amides is 1. The van der Waals surface area contributed by atoms with Crippen LogP contribution in [0.3, 0.4) is 0 Å². The van der Waals surface area contributed by atoms with E-state index in [-0.39, 0.29) is 12.5 Å². The predicted molar refractivity (Wildman–Crippen MR) is 92.4 cm³/mol. The first kappa shape index (κ1) is 16.1. The monoisotopic (exact) mass is 324 g/mol. The van der Waals surface area contributed by atoms with E-state index < -0.39 is 6.10 Å². The van der Waals surface area contributed by atoms with Crippen LogP contribution in [0, 0.1) is 0 Å². The van der Waals surface area contributed by atoms with Crippen molar-refractivity contribution >= 4 is 11.6 Å². The second kappa shape index (κ2) is 7.64. The van der Waals surface area contributed by atoms with E-state index in [0.29, 0.717) is 11.5 Å². The highest BCUT2D eigenvalue weighted by atomic mass is 16.6. The van der Waals surface area contributed by atoms with Gasteiger partial charge in [-0.25, -0.2) is 5.43 Å². The maximum atomic E-state index is 12.2. The van der Waals surface area contributed by atoms with E-state index >= 15 is 0 Å². The molecule has 5 nitrogen and oxygen atoms in total. The highest BCUT2D eigenvalue weighted by molar-refractivity contribution is 5.86. The molecule has 0 bridgehead atoms. The minimum Gasteiger partial charge on any atom is -0.485 e. The summed E-state index contributed by atoms with van der Waals surface area (Å²) >= 11 is 0. The van der Waals surface area contributed by atoms with E-state index in [1.807, 2.05) is 43.3 Å². The summed E-state index contributed by atoms with van der Waals surface area (Å²) in [7, 11) is 0. The third kappa shape index (κ3) is 4.13. The summed E-state index contributed by atoms with van der Waals surface area (Å²) in [4.78, 5) is 12.2. The molecule has 1 heterocycles. The van der Waals surface area contributed by atoms with E-state index in [2.05, 4.69) is 22.7 Å². The molecule has 5 heteroatoms. The molecule has 1 amide bonds. The fourth-order valence-corrected chi connectivity index (χ4v) is 2.40. The lowest BCUT2D eigenvalue weighted by molar-refractivity contribution is -0.130. The number of carbonyl (C=O) groups excluding carboxylic acids is 1. The van der Waals surface area contributed by atoms with Crippen molar-refractivity contribution in [1.29, 1.82) is 0 Å². The van der Waals surface area contributed by atoms with Gasteiger partial charge in [0.05, 0.1) is 0 Å². The highest BCUT2D eigenvalue weighted by Crippen LogP contribution is 2.30. The summed E-state index contributed by atoms with van der Waals surface area (Å²) in [6, 6.07) is 17.5. The van der Waals surface area contributed by atoms with E-state index in [9.17, 15) is 4.79 Å². The Labute approximate surface area is 141 Å². The van der Waals surface area contributed by atoms with Gasteiger partial charge in [0.2, 0.25) is 6.10 Å². The van der Waals surface area contributed by atoms with Gasteiger partial charge in [0, 0.05) is 5.71 Å². The number of para-hydroxylation sites is 2. The molecule has 0 aliphatic carbocycles. The first-order chi connectivity index (χ1) is 11.7. The van der Waals surface area contributed by atoms with Crippen molar-refractivity contribution in [2.75, 3.05) is 6.61 Å². The molecule has 0 spiro atoms. The van der Waals surface area contributed by atoms with Crippen LogP contribution in [0.2, 0.25) is 0 Å². The van der Waals surface area contributed by atoms with E-state index in [0.717, 1.165) is 18.6 Å². The van der Waals surface area contributed by atoms with Gasteiger partial charge in [0.1, 0.15) is 6.61 Å². The molecule has 0 unspecified atom stereocenters. The number of aryl methyl sites for hydroxylation is 1. The number of hydrogen-bond donors (Lipinski definition) is 1. The summed E-state index contributed by atoms with van der Waals surface area (Å²) in [6.45, 7) is 2.08. The molecule has 0 saturated heterocycles. The third-order valence-corrected chi connectivity index (χ3v) is 3.78. The summed E-state index contributed by atoms with van der Waals surface area (Å²) < 4.78 is 11.2. The average Bonchev–Trinajstić information content (AvgIpc) is 2.65. The van der Waals surface area contributed by atoms with Crippen LogP contribution < -0.4 is 14.9 Å². The zero-order chi connectivity index (χ0) is 16.8. The molecule has 1 aliphatic rings. The zero-order valence-electron chi connectivity index (χ0n) is 13.6. The topological polar surface area (TPSA) is 59.9 Å². The average molecular weight is 324 g/mol. The van der Waals surface area contributed by atoms with Gasteiger partial charge in [-0.1, -0.05) is 42.5 Å². The molecule has 124 valence electrons. The Balaban J connectivity index is 1.50. The van der Waals surface area contributed by atoms with Crippen molar-refractivity contribution in [3.8, 4) is 11.5 Å². The van der Waals surface area contributed by atoms with Crippen molar-refractivity contribution in [3.05, 3.63) is 60.2 Å². The second-order valence-corrected chi connectivity index (χ2v) is 5.67. The Kier molecular flexibility index (Phi) is 5.11. The molecule has 1 aliphatic heterocycles. The smallest absolute Gasteiger partial charge is 0.284 e. The molecular weight excluding hydrogens is 304 g/mol. The minimum atomic E-state index is -0.689. The molecule has 0 aromatic heterocycles. The first-order valence-corrected chi connectivity index (χ1v) is 7.98. The van der Waals surface area contributed by atoms with Gasteiger partial charge >= 0.3 is 0 Å². The maximum absolute atomic E-state index is 12.2. The summed E-state index contributed by atoms with van der Waals surface area (Å²) in [6.07, 6.45) is 0.989. The fraction of sp³-hybridized carbons (Fsp3) is 0.263. The second-order valence-electron chi connectivity index (χ2n) is 5.67. The van der Waals surface area contributed by atoms with Gasteiger partial charge in [0.25, 0.3) is 5.91 Å². The lowest BCUT2D eigenvalue weighted by Gasteiger charge is -2.24. The molecule has 0 radical (unpaired) electrons. The van der Waals surface area contributed by atoms with Crippen LogP contribution >= 0.6 is 0 Å². The number of rotatable bonds is 5. The lowest BCUT2D eigenvalue weighted by atomic mass is 10.1. The normalized spacial score (nSPS) is 16.5. The number of hydrazone groups is 1. The van der Waals surface area contributed by atoms with Crippen molar-refractivity contribution in [3.63, 3.8) is 0 Å². The number of hydrogen-bond acceptors (Lipinski definition) is 4.